The van der Waals surface area contributed by atoms with E-state index in [0.29, 0.717) is 13.0 Å². The smallest absolute Gasteiger partial charge is 0.422 e. The quantitative estimate of drug-likeness (QED) is 0.264. The van der Waals surface area contributed by atoms with Gasteiger partial charge in [0.2, 0.25) is 0 Å². The predicted octanol–water partition coefficient (Wildman–Crippen LogP) is 2.66. The maximum Gasteiger partial charge on any atom is 0.422 e. The van der Waals surface area contributed by atoms with Gasteiger partial charge < -0.3 is 19.4 Å². The lowest BCUT2D eigenvalue weighted by molar-refractivity contribution is -0.138. The summed E-state index contributed by atoms with van der Waals surface area (Å²) in [7, 11) is 30.2. The summed E-state index contributed by atoms with van der Waals surface area (Å²) in [5.41, 5.74) is -3.23. The molecule has 266 valence electrons. The van der Waals surface area contributed by atoms with Crippen LogP contribution >= 0.6 is 0 Å². The molecule has 0 bridgehead atoms. The summed E-state index contributed by atoms with van der Waals surface area (Å²) in [4.78, 5) is 13.6. The van der Waals surface area contributed by atoms with E-state index in [-0.39, 0.29) is 68.6 Å². The van der Waals surface area contributed by atoms with Crippen LogP contribution in [0.15, 0.2) is 24.5 Å². The van der Waals surface area contributed by atoms with Crippen LogP contribution in [0.5, 0.6) is 11.5 Å². The van der Waals surface area contributed by atoms with Gasteiger partial charge in [-0.15, -0.1) is 16.4 Å². The van der Waals surface area contributed by atoms with E-state index in [0.717, 1.165) is 63.2 Å². The van der Waals surface area contributed by atoms with E-state index in [4.69, 9.17) is 44.0 Å². The Hall–Kier alpha value is -3.48. The van der Waals surface area contributed by atoms with Gasteiger partial charge in [-0.2, -0.15) is 13.2 Å². The van der Waals surface area contributed by atoms with E-state index >= 15 is 17.6 Å². The molecule has 17 heteroatoms. The van der Waals surface area contributed by atoms with E-state index in [1.54, 1.807) is 4.90 Å². The summed E-state index contributed by atoms with van der Waals surface area (Å²) >= 11 is 0. The van der Waals surface area contributed by atoms with E-state index in [1.165, 1.54) is 30.0 Å². The first-order valence-electron chi connectivity index (χ1n) is 17.8. The van der Waals surface area contributed by atoms with Crippen LogP contribution in [0, 0.1) is 11.3 Å². The van der Waals surface area contributed by atoms with Crippen molar-refractivity contribution in [2.75, 3.05) is 55.6 Å². The van der Waals surface area contributed by atoms with Crippen molar-refractivity contribution in [2.24, 2.45) is 11.3 Å². The molecule has 1 saturated carbocycles. The molecule has 1 spiro atoms. The lowest BCUT2D eigenvalue weighted by Crippen LogP contribution is -2.54. The highest BCUT2D eigenvalue weighted by atomic mass is 19.4. The van der Waals surface area contributed by atoms with Gasteiger partial charge in [-0.05, 0) is 81.2 Å². The molecule has 3 aromatic rings. The minimum Gasteiger partial charge on any atom is -0.458 e. The Balaban J connectivity index is 1.31. The maximum absolute atomic E-state index is 16.2. The molecule has 6 nitrogen and oxygen atoms in total. The molecule has 4 fully saturated rings. The number of alkyl halides is 5. The fourth-order valence-corrected chi connectivity index (χ4v) is 7.90. The highest BCUT2D eigenvalue weighted by Crippen LogP contribution is 2.50. The van der Waals surface area contributed by atoms with E-state index in [1.807, 2.05) is 0 Å². The number of nitrogens with zero attached hydrogens (tertiary/aromatic N) is 5. The molecule has 53 heavy (non-hydrogen) atoms. The minimum atomic E-state index is -5.02. The van der Waals surface area contributed by atoms with Crippen molar-refractivity contribution in [3.8, 4) is 11.5 Å². The van der Waals surface area contributed by atoms with Crippen molar-refractivity contribution < 1.29 is 31.1 Å². The first-order chi connectivity index (χ1) is 25.0. The normalized spacial score (nSPS) is 20.7. The van der Waals surface area contributed by atoms with Crippen molar-refractivity contribution in [1.29, 1.82) is 0 Å². The van der Waals surface area contributed by atoms with Gasteiger partial charge in [0.05, 0.1) is 24.6 Å². The van der Waals surface area contributed by atoms with Crippen LogP contribution in [0.3, 0.4) is 0 Å². The number of ether oxygens (including phenoxy) is 1. The van der Waals surface area contributed by atoms with Gasteiger partial charge >= 0.3 is 6.18 Å². The summed E-state index contributed by atoms with van der Waals surface area (Å²) in [5.74, 6) is -4.21. The lowest BCUT2D eigenvalue weighted by atomic mass is 9.62. The zero-order chi connectivity index (χ0) is 37.9. The Morgan fingerprint density at radius 1 is 0.849 bits per heavy atom. The third-order valence-electron chi connectivity index (χ3n) is 11.1. The summed E-state index contributed by atoms with van der Waals surface area (Å²) < 4.78 is 96.4. The number of rotatable bonds is 8. The van der Waals surface area contributed by atoms with Crippen LogP contribution in [0.4, 0.5) is 37.8 Å². The standard InChI is InChI=1S/C36H34B5F6N5O/c37-27-28(38)30(40)33(31(41)29(27)39)53-24-5-4-21(14-22(42)23-15-48-16-25(49-23)51-13-9-35(43,44)19-51)32(26(24)36(45,46)47)52-10-1-6-34(18-52)7-11-50(12-8-34)17-20-2-3-20/h4-5,14-16,20H,1-3,6-13,17-19H2/b22-14-. The molecule has 0 N–H and O–H groups in total. The summed E-state index contributed by atoms with van der Waals surface area (Å²) in [6, 6.07) is 2.37. The molecule has 3 saturated heterocycles. The van der Waals surface area contributed by atoms with E-state index in [9.17, 15) is 8.78 Å². The van der Waals surface area contributed by atoms with Gasteiger partial charge in [0.15, 0.2) is 5.83 Å². The zero-order valence-corrected chi connectivity index (χ0v) is 29.2. The number of benzene rings is 2. The second-order valence-electron chi connectivity index (χ2n) is 14.9. The van der Waals surface area contributed by atoms with Gasteiger partial charge in [-0.3, -0.25) is 4.98 Å². The Bertz CT molecular complexity index is 1890. The first-order valence-corrected chi connectivity index (χ1v) is 17.8. The van der Waals surface area contributed by atoms with Gasteiger partial charge in [0, 0.05) is 38.2 Å². The average molecular weight is 721 g/mol. The van der Waals surface area contributed by atoms with E-state index in [2.05, 4.69) is 14.9 Å². The molecule has 3 aliphatic heterocycles. The predicted molar refractivity (Wildman–Crippen MR) is 200 cm³/mol. The molecule has 4 heterocycles. The van der Waals surface area contributed by atoms with Crippen LogP contribution in [-0.4, -0.2) is 106 Å². The monoisotopic (exact) mass is 721 g/mol. The SMILES string of the molecule is [B]c1c([B])c([B])c(Oc2ccc(/C=C(\F)c3cncc(N4CCC(F)(F)C4)n3)c(N3CCCC4(CCN(CC5CC5)CC4)C3)c2C(F)(F)F)c([B])c1[B]. The zero-order valence-electron chi connectivity index (χ0n) is 29.2. The van der Waals surface area contributed by atoms with Gasteiger partial charge in [0.25, 0.3) is 5.92 Å². The molecule has 0 amide bonds. The van der Waals surface area contributed by atoms with Crippen LogP contribution in [0.2, 0.25) is 0 Å². The van der Waals surface area contributed by atoms with Gasteiger partial charge in [-0.1, -0.05) is 10.9 Å². The summed E-state index contributed by atoms with van der Waals surface area (Å²) in [5, 5.41) is 0. The fraction of sp³-hybridized carbons (Fsp3) is 0.500. The molecular formula is C36H34B5F6N5O. The lowest BCUT2D eigenvalue weighted by Gasteiger charge is -2.49. The maximum atomic E-state index is 16.2. The van der Waals surface area contributed by atoms with Crippen LogP contribution in [0.25, 0.3) is 11.9 Å². The van der Waals surface area contributed by atoms with Crippen molar-refractivity contribution in [1.82, 2.24) is 14.9 Å². The topological polar surface area (TPSA) is 44.7 Å². The van der Waals surface area contributed by atoms with Crippen molar-refractivity contribution in [2.45, 2.75) is 57.0 Å². The molecule has 4 aliphatic rings. The summed E-state index contributed by atoms with van der Waals surface area (Å²) in [6.45, 7) is 2.73. The molecule has 2 aromatic carbocycles. The minimum absolute atomic E-state index is 0.00753. The second-order valence-corrected chi connectivity index (χ2v) is 14.9. The Kier molecular flexibility index (Phi) is 10.2. The number of likely N-dealkylation sites (tertiary alicyclic amines) is 1. The molecular weight excluding hydrogens is 686 g/mol. The molecule has 10 radical (unpaired) electrons. The third kappa shape index (κ3) is 7.87. The Morgan fingerprint density at radius 3 is 2.15 bits per heavy atom. The van der Waals surface area contributed by atoms with Crippen LogP contribution < -0.4 is 41.9 Å². The van der Waals surface area contributed by atoms with Crippen molar-refractivity contribution >= 4 is 90.0 Å². The van der Waals surface area contributed by atoms with E-state index < -0.39 is 48.0 Å². The van der Waals surface area contributed by atoms with Crippen LogP contribution in [-0.2, 0) is 6.18 Å². The number of piperidine rings is 2. The fourth-order valence-electron chi connectivity index (χ4n) is 7.90. The molecule has 7 rings (SSSR count). The molecule has 1 aliphatic carbocycles. The third-order valence-corrected chi connectivity index (χ3v) is 11.1. The number of halogens is 6. The molecule has 0 unspecified atom stereocenters. The Morgan fingerprint density at radius 2 is 1.53 bits per heavy atom. The largest absolute Gasteiger partial charge is 0.458 e. The number of hydrogen-bond donors (Lipinski definition) is 0. The van der Waals surface area contributed by atoms with Crippen molar-refractivity contribution in [3.63, 3.8) is 0 Å². The highest BCUT2D eigenvalue weighted by Gasteiger charge is 2.45. The highest BCUT2D eigenvalue weighted by molar-refractivity contribution is 6.67. The average Bonchev–Trinajstić information content (AvgIpc) is 3.87. The van der Waals surface area contributed by atoms with Gasteiger partial charge in [0.1, 0.15) is 67.8 Å². The molecule has 0 atom stereocenters. The number of anilines is 2. The number of aromatic nitrogens is 2. The first kappa shape index (κ1) is 37.8. The molecule has 1 aromatic heterocycles. The van der Waals surface area contributed by atoms with Gasteiger partial charge in [-0.25, -0.2) is 18.2 Å². The second kappa shape index (κ2) is 14.3. The van der Waals surface area contributed by atoms with Crippen LogP contribution in [0.1, 0.15) is 61.8 Å². The summed E-state index contributed by atoms with van der Waals surface area (Å²) in [6.07, 6.45) is 3.48. The number of hydrogen-bond acceptors (Lipinski definition) is 6. The Labute approximate surface area is 312 Å². The van der Waals surface area contributed by atoms with Crippen molar-refractivity contribution in [3.05, 3.63) is 41.3 Å².